The van der Waals surface area contributed by atoms with Crippen LogP contribution in [0.5, 0.6) is 0 Å². The first-order valence-electron chi connectivity index (χ1n) is 7.14. The van der Waals surface area contributed by atoms with Crippen molar-refractivity contribution in [3.8, 4) is 23.1 Å². The van der Waals surface area contributed by atoms with E-state index in [1.54, 1.807) is 16.8 Å². The smallest absolute Gasteiger partial charge is 0.384 e. The van der Waals surface area contributed by atoms with Crippen LogP contribution in [0.4, 0.5) is 10.2 Å². The number of hydrogen-bond acceptors (Lipinski definition) is 5. The van der Waals surface area contributed by atoms with E-state index < -0.39 is 12.4 Å². The summed E-state index contributed by atoms with van der Waals surface area (Å²) >= 11 is 6.27. The van der Waals surface area contributed by atoms with Crippen molar-refractivity contribution in [3.05, 3.63) is 48.6 Å². The van der Waals surface area contributed by atoms with Crippen LogP contribution in [0.2, 0.25) is 5.02 Å². The normalized spacial score (nSPS) is 10.2. The van der Waals surface area contributed by atoms with Crippen LogP contribution >= 0.6 is 11.6 Å². The number of aliphatic hydroxyl groups excluding tert-OH is 1. The Morgan fingerprint density at radius 1 is 1.33 bits per heavy atom. The molecule has 0 atom stereocenters. The molecule has 0 saturated carbocycles. The summed E-state index contributed by atoms with van der Waals surface area (Å²) in [6, 6.07) is 0. The van der Waals surface area contributed by atoms with Crippen LogP contribution < -0.4 is 57.1 Å². The van der Waals surface area contributed by atoms with Crippen molar-refractivity contribution in [1.82, 2.24) is 24.6 Å². The molecule has 0 saturated heterocycles. The number of imidazole rings is 1. The minimum absolute atomic E-state index is 0. The Labute approximate surface area is 201 Å². The molecule has 0 unspecified atom stereocenters. The Morgan fingerprint density at radius 2 is 2.11 bits per heavy atom. The van der Waals surface area contributed by atoms with Crippen molar-refractivity contribution in [3.63, 3.8) is 0 Å². The molecule has 1 aromatic carbocycles. The van der Waals surface area contributed by atoms with E-state index in [0.717, 1.165) is 0 Å². The Morgan fingerprint density at radius 3 is 2.85 bits per heavy atom. The molecule has 0 fully saturated rings. The average Bonchev–Trinajstić information content (AvgIpc) is 3.20. The molecular weight excluding hydrogens is 398 g/mol. The average molecular weight is 411 g/mol. The van der Waals surface area contributed by atoms with Gasteiger partial charge in [-0.05, 0) is 0 Å². The van der Waals surface area contributed by atoms with Gasteiger partial charge in [-0.2, -0.15) is 5.10 Å². The van der Waals surface area contributed by atoms with Gasteiger partial charge in [0.1, 0.15) is 12.4 Å². The fourth-order valence-corrected chi connectivity index (χ4v) is 2.95. The summed E-state index contributed by atoms with van der Waals surface area (Å²) in [5.41, 5.74) is 7.48. The molecule has 0 aliphatic rings. The van der Waals surface area contributed by atoms with Crippen molar-refractivity contribution in [2.24, 2.45) is 0 Å². The zero-order valence-corrected chi connectivity index (χ0v) is 18.5. The molecule has 132 valence electrons. The molecule has 0 amide bonds. The zero-order chi connectivity index (χ0) is 17.6. The summed E-state index contributed by atoms with van der Waals surface area (Å²) in [6.07, 6.45) is 6.32. The number of nitrogens with zero attached hydrogens (tertiary/aromatic N) is 4. The van der Waals surface area contributed by atoms with Gasteiger partial charge in [-0.25, -0.2) is 9.37 Å². The van der Waals surface area contributed by atoms with E-state index in [4.69, 9.17) is 22.4 Å². The largest absolute Gasteiger partial charge is 1.00 e. The van der Waals surface area contributed by atoms with E-state index in [9.17, 15) is 4.39 Å². The Kier molecular flexibility index (Phi) is 6.99. The fourth-order valence-electron chi connectivity index (χ4n) is 2.66. The monoisotopic (exact) mass is 410 g/mol. The molecule has 10 heteroatoms. The van der Waals surface area contributed by atoms with Gasteiger partial charge in [-0.15, -0.1) is 0 Å². The van der Waals surface area contributed by atoms with Gasteiger partial charge in [0.2, 0.25) is 0 Å². The summed E-state index contributed by atoms with van der Waals surface area (Å²) in [5, 5.41) is 16.0. The molecule has 0 aliphatic carbocycles. The molecule has 27 heavy (non-hydrogen) atoms. The van der Waals surface area contributed by atoms with E-state index in [0.29, 0.717) is 33.6 Å². The number of nitrogens with two attached hydrogens (primary N) is 1. The molecule has 0 bridgehead atoms. The molecule has 0 aliphatic heterocycles. The van der Waals surface area contributed by atoms with Gasteiger partial charge in [0.15, 0.2) is 11.5 Å². The van der Waals surface area contributed by atoms with Crippen molar-refractivity contribution in [1.29, 1.82) is 0 Å². The topological polar surface area (TPSA) is 105 Å². The van der Waals surface area contributed by atoms with Crippen LogP contribution in [0.3, 0.4) is 0 Å². The number of aromatic nitrogens is 5. The van der Waals surface area contributed by atoms with Gasteiger partial charge in [0, 0.05) is 17.1 Å². The number of benzene rings is 1. The van der Waals surface area contributed by atoms with Crippen molar-refractivity contribution < 1.29 is 60.9 Å². The molecule has 7 nitrogen and oxygen atoms in total. The maximum Gasteiger partial charge on any atom is 1.00 e. The van der Waals surface area contributed by atoms with Crippen molar-refractivity contribution in [2.45, 2.75) is 0 Å². The molecule has 4 aromatic rings. The summed E-state index contributed by atoms with van der Waals surface area (Å²) in [6.45, 7) is -0.394. The van der Waals surface area contributed by atoms with Crippen LogP contribution in [-0.4, -0.2) is 36.3 Å². The first-order valence-corrected chi connectivity index (χ1v) is 7.52. The molecule has 3 aromatic heterocycles. The molecule has 4 N–H and O–H groups in total. The van der Waals surface area contributed by atoms with Crippen LogP contribution in [0.15, 0.2) is 24.8 Å². The number of aromatic amines is 1. The summed E-state index contributed by atoms with van der Waals surface area (Å²) in [5.74, 6) is 4.62. The number of rotatable bonds is 1. The van der Waals surface area contributed by atoms with Gasteiger partial charge in [0.25, 0.3) is 0 Å². The molecular formula is C17H13ClFKN6O. The maximum absolute atomic E-state index is 14.8. The zero-order valence-electron chi connectivity index (χ0n) is 14.6. The number of anilines is 1. The van der Waals surface area contributed by atoms with E-state index in [-0.39, 0.29) is 69.4 Å². The Bertz CT molecular complexity index is 1190. The van der Waals surface area contributed by atoms with E-state index in [1.807, 2.05) is 0 Å². The van der Waals surface area contributed by atoms with Gasteiger partial charge in [-0.1, -0.05) is 23.4 Å². The van der Waals surface area contributed by atoms with Crippen LogP contribution in [0.25, 0.3) is 27.8 Å². The molecule has 4 rings (SSSR count). The number of aliphatic hydroxyl groups is 1. The fraction of sp³-hybridized carbons (Fsp3) is 0.0588. The van der Waals surface area contributed by atoms with Crippen molar-refractivity contribution in [2.75, 3.05) is 12.3 Å². The summed E-state index contributed by atoms with van der Waals surface area (Å²) in [7, 11) is 0. The molecule has 3 heterocycles. The predicted molar refractivity (Wildman–Crippen MR) is 97.8 cm³/mol. The van der Waals surface area contributed by atoms with Gasteiger partial charge < -0.3 is 22.7 Å². The molecule has 0 spiro atoms. The number of fused-ring (bicyclic) bond motifs is 2. The third-order valence-electron chi connectivity index (χ3n) is 3.70. The van der Waals surface area contributed by atoms with Crippen LogP contribution in [0, 0.1) is 25.1 Å². The SMILES string of the molecule is Nc1cn2cc(-c3c(Cl)c(F)c(C#CCO)c4[nH]ncc34)ncc2n1.[CH3-].[K+]. The Hall–Kier alpha value is -1.51. The summed E-state index contributed by atoms with van der Waals surface area (Å²) in [4.78, 5) is 8.41. The quantitative estimate of drug-likeness (QED) is 0.222. The second-order valence-corrected chi connectivity index (χ2v) is 5.58. The number of halogens is 2. The Balaban J connectivity index is 0.00000131. The standard InChI is InChI=1S/C16H10ClFN6O.CH3.K/c17-14-13(10-6-24-7-11(19)22-12(24)5-20-10)9-4-21-23-16(9)8(15(14)18)2-1-3-25;;/h4-7,25H,3,19H2,(H,21,23);1H3;/q;-1;+1. The summed E-state index contributed by atoms with van der Waals surface area (Å²) < 4.78 is 16.4. The van der Waals surface area contributed by atoms with E-state index in [1.165, 1.54) is 12.4 Å². The van der Waals surface area contributed by atoms with Gasteiger partial charge in [0.05, 0.1) is 40.4 Å². The van der Waals surface area contributed by atoms with Crippen LogP contribution in [-0.2, 0) is 0 Å². The predicted octanol–water partition coefficient (Wildman–Crippen LogP) is -0.555. The van der Waals surface area contributed by atoms with Crippen molar-refractivity contribution >= 4 is 34.0 Å². The number of hydrogen-bond donors (Lipinski definition) is 3. The number of H-pyrrole nitrogens is 1. The van der Waals surface area contributed by atoms with E-state index >= 15 is 0 Å². The number of nitrogen functional groups attached to an aromatic ring is 1. The molecule has 0 radical (unpaired) electrons. The third kappa shape index (κ3) is 3.75. The third-order valence-corrected chi connectivity index (χ3v) is 4.05. The first-order chi connectivity index (χ1) is 12.1. The van der Waals surface area contributed by atoms with E-state index in [2.05, 4.69) is 32.0 Å². The minimum Gasteiger partial charge on any atom is -0.384 e. The maximum atomic E-state index is 14.8. The number of nitrogens with one attached hydrogen (secondary N) is 1. The van der Waals surface area contributed by atoms with Gasteiger partial charge >= 0.3 is 51.4 Å². The van der Waals surface area contributed by atoms with Gasteiger partial charge in [-0.3, -0.25) is 10.1 Å². The minimum atomic E-state index is -0.707. The second-order valence-electron chi connectivity index (χ2n) is 5.20. The van der Waals surface area contributed by atoms with Crippen LogP contribution in [0.1, 0.15) is 5.56 Å². The second kappa shape index (κ2) is 8.66. The first kappa shape index (κ1) is 21.8.